The van der Waals surface area contributed by atoms with Crippen LogP contribution in [0.4, 0.5) is 27.6 Å². The number of halogens is 5. The minimum atomic E-state index is -4.85. The summed E-state index contributed by atoms with van der Waals surface area (Å²) in [4.78, 5) is 11.8. The van der Waals surface area contributed by atoms with Crippen LogP contribution in [0.15, 0.2) is 29.3 Å². The van der Waals surface area contributed by atoms with Gasteiger partial charge < -0.3 is 14.2 Å². The molecule has 3 rings (SSSR count). The zero-order valence-corrected chi connectivity index (χ0v) is 25.2. The Kier molecular flexibility index (Phi) is 10.2. The van der Waals surface area contributed by atoms with Crippen molar-refractivity contribution in [3.63, 3.8) is 0 Å². The maximum Gasteiger partial charge on any atom is 0.427 e. The fraction of sp³-hybridized carbons (Fsp3) is 0.583. The summed E-state index contributed by atoms with van der Waals surface area (Å²) in [6.45, 7) is 1.54. The highest BCUT2D eigenvalue weighted by Crippen LogP contribution is 2.40. The molecule has 1 atom stereocenters. The smallest absolute Gasteiger partial charge is 0.427 e. The van der Waals surface area contributed by atoms with E-state index in [4.69, 9.17) is 9.47 Å². The monoisotopic (exact) mass is 662 g/mol. The zero-order valence-electron chi connectivity index (χ0n) is 23.5. The molecule has 0 saturated heterocycles. The summed E-state index contributed by atoms with van der Waals surface area (Å²) < 4.78 is 137. The molecule has 43 heavy (non-hydrogen) atoms. The molecule has 1 aliphatic rings. The SMILES string of the molecule is CCn1cc(S(=O)(=O)N2C[C@H](CCS(=O)(=O)NC)Oc3ccc(CC(=O)OC(C)(C)C(F)(F)F)cc32)c(OCC(F)F)n1. The third-order valence-corrected chi connectivity index (χ3v) is 9.47. The van der Waals surface area contributed by atoms with E-state index in [1.807, 2.05) is 0 Å². The Morgan fingerprint density at radius 3 is 2.47 bits per heavy atom. The third-order valence-electron chi connectivity index (χ3n) is 6.31. The Labute approximate surface area is 245 Å². The van der Waals surface area contributed by atoms with Crippen molar-refractivity contribution in [3.8, 4) is 11.6 Å². The first-order chi connectivity index (χ1) is 19.8. The Balaban J connectivity index is 2.03. The summed E-state index contributed by atoms with van der Waals surface area (Å²) >= 11 is 0. The summed E-state index contributed by atoms with van der Waals surface area (Å²) in [5, 5.41) is 3.91. The molecule has 0 unspecified atom stereocenters. The van der Waals surface area contributed by atoms with E-state index in [0.29, 0.717) is 13.8 Å². The number of ether oxygens (including phenoxy) is 3. The van der Waals surface area contributed by atoms with E-state index >= 15 is 0 Å². The van der Waals surface area contributed by atoms with Crippen molar-refractivity contribution in [2.24, 2.45) is 0 Å². The van der Waals surface area contributed by atoms with E-state index in [0.717, 1.165) is 15.2 Å². The van der Waals surface area contributed by atoms with Crippen LogP contribution in [0, 0.1) is 0 Å². The van der Waals surface area contributed by atoms with Crippen molar-refractivity contribution < 1.29 is 57.8 Å². The first kappa shape index (κ1) is 34.3. The Morgan fingerprint density at radius 1 is 1.21 bits per heavy atom. The predicted octanol–water partition coefficient (Wildman–Crippen LogP) is 2.87. The van der Waals surface area contributed by atoms with Gasteiger partial charge in [0.15, 0.2) is 11.5 Å². The van der Waals surface area contributed by atoms with Crippen LogP contribution < -0.4 is 18.5 Å². The minimum Gasteiger partial charge on any atom is -0.486 e. The lowest BCUT2D eigenvalue weighted by Crippen LogP contribution is -2.44. The lowest BCUT2D eigenvalue weighted by atomic mass is 10.1. The van der Waals surface area contributed by atoms with E-state index < -0.39 is 86.4 Å². The van der Waals surface area contributed by atoms with Gasteiger partial charge in [-0.1, -0.05) is 6.07 Å². The number of aromatic nitrogens is 2. The molecule has 0 bridgehead atoms. The van der Waals surface area contributed by atoms with Crippen LogP contribution in [0.5, 0.6) is 11.6 Å². The van der Waals surface area contributed by atoms with Crippen LogP contribution in [0.3, 0.4) is 0 Å². The van der Waals surface area contributed by atoms with Gasteiger partial charge in [0.1, 0.15) is 11.9 Å². The number of hydrogen-bond acceptors (Lipinski definition) is 9. The van der Waals surface area contributed by atoms with E-state index in [9.17, 15) is 43.6 Å². The molecule has 2 heterocycles. The van der Waals surface area contributed by atoms with Gasteiger partial charge in [-0.3, -0.25) is 13.8 Å². The number of esters is 1. The Bertz CT molecular complexity index is 1530. The number of carbonyl (C=O) groups excluding carboxylic acids is 1. The third kappa shape index (κ3) is 8.26. The average molecular weight is 663 g/mol. The molecule has 1 N–H and O–H groups in total. The first-order valence-electron chi connectivity index (χ1n) is 12.8. The number of carbonyl (C=O) groups is 1. The van der Waals surface area contributed by atoms with Crippen molar-refractivity contribution in [1.82, 2.24) is 14.5 Å². The van der Waals surface area contributed by atoms with Crippen LogP contribution in [-0.2, 0) is 42.5 Å². The van der Waals surface area contributed by atoms with Crippen molar-refractivity contribution in [1.29, 1.82) is 0 Å². The first-order valence-corrected chi connectivity index (χ1v) is 15.9. The van der Waals surface area contributed by atoms with Gasteiger partial charge in [0.05, 0.1) is 24.4 Å². The maximum absolute atomic E-state index is 14.0. The van der Waals surface area contributed by atoms with Gasteiger partial charge >= 0.3 is 12.1 Å². The highest BCUT2D eigenvalue weighted by Gasteiger charge is 2.50. The fourth-order valence-corrected chi connectivity index (χ4v) is 6.22. The summed E-state index contributed by atoms with van der Waals surface area (Å²) in [6, 6.07) is 3.78. The fourth-order valence-electron chi connectivity index (χ4n) is 3.86. The topological polar surface area (TPSA) is 146 Å². The van der Waals surface area contributed by atoms with Gasteiger partial charge in [-0.2, -0.15) is 13.2 Å². The van der Waals surface area contributed by atoms with E-state index in [2.05, 4.69) is 14.6 Å². The summed E-state index contributed by atoms with van der Waals surface area (Å²) in [6.07, 6.45) is -8.53. The zero-order chi connectivity index (χ0) is 32.4. The number of aryl methyl sites for hydroxylation is 1. The van der Waals surface area contributed by atoms with E-state index in [1.165, 1.54) is 25.2 Å². The molecule has 0 saturated carbocycles. The number of benzene rings is 1. The molecular formula is C24H31F5N4O8S2. The number of nitrogens with one attached hydrogen (secondary N) is 1. The summed E-state index contributed by atoms with van der Waals surface area (Å²) in [5.41, 5.74) is -2.86. The second kappa shape index (κ2) is 12.8. The number of hydrogen-bond donors (Lipinski definition) is 1. The maximum atomic E-state index is 14.0. The van der Waals surface area contributed by atoms with Crippen LogP contribution >= 0.6 is 0 Å². The van der Waals surface area contributed by atoms with Gasteiger partial charge in [0.2, 0.25) is 15.6 Å². The molecule has 1 aromatic carbocycles. The predicted molar refractivity (Wildman–Crippen MR) is 142 cm³/mol. The van der Waals surface area contributed by atoms with Crippen molar-refractivity contribution >= 4 is 31.7 Å². The number of fused-ring (bicyclic) bond motifs is 1. The molecule has 1 aromatic heterocycles. The van der Waals surface area contributed by atoms with Crippen molar-refractivity contribution in [3.05, 3.63) is 30.0 Å². The number of sulfonamides is 2. The summed E-state index contributed by atoms with van der Waals surface area (Å²) in [5.74, 6) is -2.31. The molecule has 2 aromatic rings. The average Bonchev–Trinajstić information content (AvgIpc) is 3.34. The minimum absolute atomic E-state index is 0.0487. The molecule has 0 fully saturated rings. The molecule has 242 valence electrons. The standard InChI is InChI=1S/C24H31F5N4O8S2/c1-5-32-13-19(22(31-32)39-14-20(25)26)43(37,38)33-12-16(8-9-42(35,36)30-4)40-18-7-6-15(10-17(18)33)11-21(34)41-23(2,3)24(27,28)29/h6-7,10,13,16,20,30H,5,8-9,11-12,14H2,1-4H3/t16-/m0/s1. The van der Waals surface area contributed by atoms with E-state index in [-0.39, 0.29) is 30.0 Å². The number of alkyl halides is 5. The Morgan fingerprint density at radius 2 is 1.88 bits per heavy atom. The highest BCUT2D eigenvalue weighted by atomic mass is 32.2. The normalized spacial score (nSPS) is 16.1. The summed E-state index contributed by atoms with van der Waals surface area (Å²) in [7, 11) is -7.16. The number of rotatable bonds is 13. The van der Waals surface area contributed by atoms with Gasteiger partial charge in [-0.05, 0) is 45.5 Å². The molecule has 19 heteroatoms. The molecule has 12 nitrogen and oxygen atoms in total. The molecule has 1 aliphatic heterocycles. The number of nitrogens with zero attached hydrogens (tertiary/aromatic N) is 3. The second-order valence-electron chi connectivity index (χ2n) is 9.90. The van der Waals surface area contributed by atoms with Gasteiger partial charge in [-0.25, -0.2) is 30.3 Å². The molecular weight excluding hydrogens is 631 g/mol. The number of anilines is 1. The van der Waals surface area contributed by atoms with Crippen molar-refractivity contribution in [2.45, 2.75) is 69.4 Å². The van der Waals surface area contributed by atoms with Gasteiger partial charge in [0, 0.05) is 19.2 Å². The van der Waals surface area contributed by atoms with Crippen molar-refractivity contribution in [2.75, 3.05) is 30.3 Å². The van der Waals surface area contributed by atoms with Crippen LogP contribution in [-0.4, -0.2) is 82.8 Å². The highest BCUT2D eigenvalue weighted by molar-refractivity contribution is 7.93. The molecule has 0 amide bonds. The molecule has 0 spiro atoms. The van der Waals surface area contributed by atoms with Crippen LogP contribution in [0.1, 0.15) is 32.8 Å². The molecule has 0 aliphatic carbocycles. The lowest BCUT2D eigenvalue weighted by molar-refractivity contribution is -0.257. The van der Waals surface area contributed by atoms with Crippen LogP contribution in [0.25, 0.3) is 0 Å². The Hall–Kier alpha value is -3.19. The molecule has 0 radical (unpaired) electrons. The van der Waals surface area contributed by atoms with Crippen LogP contribution in [0.2, 0.25) is 0 Å². The van der Waals surface area contributed by atoms with E-state index in [1.54, 1.807) is 6.92 Å². The van der Waals surface area contributed by atoms with Gasteiger partial charge in [-0.15, -0.1) is 5.10 Å². The largest absolute Gasteiger partial charge is 0.486 e. The van der Waals surface area contributed by atoms with Gasteiger partial charge in [0.25, 0.3) is 22.3 Å². The lowest BCUT2D eigenvalue weighted by Gasteiger charge is -2.35. The quantitative estimate of drug-likeness (QED) is 0.253. The second-order valence-corrected chi connectivity index (χ2v) is 13.8.